The van der Waals surface area contributed by atoms with E-state index in [1.807, 2.05) is 0 Å². The van der Waals surface area contributed by atoms with Crippen LogP contribution >= 0.6 is 11.3 Å². The van der Waals surface area contributed by atoms with E-state index in [9.17, 15) is 4.79 Å². The van der Waals surface area contributed by atoms with Crippen LogP contribution in [0.5, 0.6) is 0 Å². The number of aromatic nitrogens is 1. The molecular formula is C22H37N3OS. The SMILES string of the molecule is CCCn1c(CC(=O)NC2CCCCCC2)csc1=NC1CCCCCC1. The fraction of sp³-hybridized carbons (Fsp3) is 0.818. The Morgan fingerprint density at radius 1 is 1.07 bits per heavy atom. The predicted molar refractivity (Wildman–Crippen MR) is 113 cm³/mol. The molecule has 27 heavy (non-hydrogen) atoms. The normalized spacial score (nSPS) is 21.0. The van der Waals surface area contributed by atoms with Crippen LogP contribution in [0, 0.1) is 0 Å². The summed E-state index contributed by atoms with van der Waals surface area (Å²) in [6, 6.07) is 0.857. The van der Waals surface area contributed by atoms with Gasteiger partial charge < -0.3 is 9.88 Å². The largest absolute Gasteiger partial charge is 0.353 e. The third-order valence-electron chi connectivity index (χ3n) is 6.00. The Morgan fingerprint density at radius 3 is 2.33 bits per heavy atom. The highest BCUT2D eigenvalue weighted by Crippen LogP contribution is 2.20. The number of nitrogens with zero attached hydrogens (tertiary/aromatic N) is 2. The van der Waals surface area contributed by atoms with E-state index in [0.29, 0.717) is 18.5 Å². The van der Waals surface area contributed by atoms with Crippen LogP contribution in [0.25, 0.3) is 0 Å². The van der Waals surface area contributed by atoms with Gasteiger partial charge in [0.2, 0.25) is 5.91 Å². The van der Waals surface area contributed by atoms with E-state index in [4.69, 9.17) is 4.99 Å². The average molecular weight is 392 g/mol. The van der Waals surface area contributed by atoms with E-state index >= 15 is 0 Å². The first-order chi connectivity index (χ1) is 13.3. The topological polar surface area (TPSA) is 46.4 Å². The van der Waals surface area contributed by atoms with Crippen molar-refractivity contribution >= 4 is 17.2 Å². The summed E-state index contributed by atoms with van der Waals surface area (Å²) >= 11 is 1.72. The van der Waals surface area contributed by atoms with Crippen LogP contribution in [0.4, 0.5) is 0 Å². The fourth-order valence-corrected chi connectivity index (χ4v) is 5.48. The van der Waals surface area contributed by atoms with Gasteiger partial charge in [0.05, 0.1) is 12.5 Å². The van der Waals surface area contributed by atoms with Gasteiger partial charge in [-0.2, -0.15) is 0 Å². The van der Waals surface area contributed by atoms with Crippen LogP contribution in [0.3, 0.4) is 0 Å². The second kappa shape index (κ2) is 11.0. The summed E-state index contributed by atoms with van der Waals surface area (Å²) in [6.07, 6.45) is 16.8. The molecule has 2 fully saturated rings. The first-order valence-electron chi connectivity index (χ1n) is 11.3. The van der Waals surface area contributed by atoms with Crippen molar-refractivity contribution in [2.75, 3.05) is 0 Å². The minimum absolute atomic E-state index is 0.186. The smallest absolute Gasteiger partial charge is 0.226 e. The van der Waals surface area contributed by atoms with Gasteiger partial charge in [-0.15, -0.1) is 11.3 Å². The van der Waals surface area contributed by atoms with Crippen LogP contribution in [0.15, 0.2) is 10.4 Å². The van der Waals surface area contributed by atoms with E-state index < -0.39 is 0 Å². The third-order valence-corrected chi connectivity index (χ3v) is 6.93. The van der Waals surface area contributed by atoms with Crippen molar-refractivity contribution in [2.45, 2.75) is 115 Å². The number of thiazole rings is 1. The van der Waals surface area contributed by atoms with Crippen molar-refractivity contribution in [3.8, 4) is 0 Å². The van der Waals surface area contributed by atoms with Gasteiger partial charge in [0.25, 0.3) is 0 Å². The highest BCUT2D eigenvalue weighted by atomic mass is 32.1. The summed E-state index contributed by atoms with van der Waals surface area (Å²) < 4.78 is 2.31. The lowest BCUT2D eigenvalue weighted by molar-refractivity contribution is -0.121. The number of nitrogens with one attached hydrogen (secondary N) is 1. The fourth-order valence-electron chi connectivity index (χ4n) is 4.48. The molecular weight excluding hydrogens is 354 g/mol. The zero-order valence-electron chi connectivity index (χ0n) is 17.0. The second-order valence-electron chi connectivity index (χ2n) is 8.37. The summed E-state index contributed by atoms with van der Waals surface area (Å²) in [6.45, 7) is 3.16. The molecule has 0 aliphatic heterocycles. The van der Waals surface area contributed by atoms with Gasteiger partial charge in [-0.05, 0) is 32.1 Å². The molecule has 0 atom stereocenters. The minimum atomic E-state index is 0.186. The maximum atomic E-state index is 12.6. The van der Waals surface area contributed by atoms with Crippen LogP contribution in [-0.2, 0) is 17.8 Å². The maximum Gasteiger partial charge on any atom is 0.226 e. The van der Waals surface area contributed by atoms with E-state index in [1.165, 1.54) is 64.2 Å². The lowest BCUT2D eigenvalue weighted by atomic mass is 10.1. The molecule has 2 aliphatic carbocycles. The zero-order valence-corrected chi connectivity index (χ0v) is 17.9. The lowest BCUT2D eigenvalue weighted by Crippen LogP contribution is -2.36. The van der Waals surface area contributed by atoms with Gasteiger partial charge in [-0.1, -0.05) is 58.3 Å². The number of hydrogen-bond donors (Lipinski definition) is 1. The molecule has 0 unspecified atom stereocenters. The van der Waals surface area contributed by atoms with Crippen molar-refractivity contribution in [3.05, 3.63) is 15.9 Å². The van der Waals surface area contributed by atoms with Crippen LogP contribution in [-0.4, -0.2) is 22.6 Å². The molecule has 1 amide bonds. The van der Waals surface area contributed by atoms with E-state index in [1.54, 1.807) is 11.3 Å². The number of carbonyl (C=O) groups excluding carboxylic acids is 1. The van der Waals surface area contributed by atoms with Crippen molar-refractivity contribution in [3.63, 3.8) is 0 Å². The molecule has 1 aromatic rings. The molecule has 3 rings (SSSR count). The summed E-state index contributed by atoms with van der Waals surface area (Å²) in [7, 11) is 0. The lowest BCUT2D eigenvalue weighted by Gasteiger charge is -2.16. The molecule has 1 aromatic heterocycles. The van der Waals surface area contributed by atoms with Gasteiger partial charge in [-0.25, -0.2) is 0 Å². The van der Waals surface area contributed by atoms with Crippen LogP contribution < -0.4 is 10.1 Å². The molecule has 0 radical (unpaired) electrons. The molecule has 1 heterocycles. The first-order valence-corrected chi connectivity index (χ1v) is 12.1. The molecule has 5 heteroatoms. The number of hydrogen-bond acceptors (Lipinski definition) is 3. The highest BCUT2D eigenvalue weighted by Gasteiger charge is 2.17. The molecule has 0 saturated heterocycles. The van der Waals surface area contributed by atoms with Gasteiger partial charge in [-0.3, -0.25) is 9.79 Å². The van der Waals surface area contributed by atoms with Crippen molar-refractivity contribution < 1.29 is 4.79 Å². The predicted octanol–water partition coefficient (Wildman–Crippen LogP) is 4.96. The Labute approximate surface area is 168 Å². The van der Waals surface area contributed by atoms with E-state index in [2.05, 4.69) is 22.2 Å². The second-order valence-corrected chi connectivity index (χ2v) is 9.21. The number of amides is 1. The van der Waals surface area contributed by atoms with Crippen LogP contribution in [0.2, 0.25) is 0 Å². The van der Waals surface area contributed by atoms with E-state index in [0.717, 1.165) is 36.3 Å². The van der Waals surface area contributed by atoms with Gasteiger partial charge in [0, 0.05) is 23.7 Å². The minimum Gasteiger partial charge on any atom is -0.353 e. The van der Waals surface area contributed by atoms with Crippen LogP contribution in [0.1, 0.15) is 96.1 Å². The summed E-state index contributed by atoms with van der Waals surface area (Å²) in [5.41, 5.74) is 1.14. The molecule has 152 valence electrons. The Bertz CT molecular complexity index is 632. The number of carbonyl (C=O) groups is 1. The van der Waals surface area contributed by atoms with Crippen molar-refractivity contribution in [2.24, 2.45) is 4.99 Å². The quantitative estimate of drug-likeness (QED) is 0.684. The number of rotatable bonds is 6. The Kier molecular flexibility index (Phi) is 8.43. The Hall–Kier alpha value is -1.10. The summed E-state index contributed by atoms with van der Waals surface area (Å²) in [5.74, 6) is 0.186. The van der Waals surface area contributed by atoms with E-state index in [-0.39, 0.29) is 5.91 Å². The maximum absolute atomic E-state index is 12.6. The molecule has 1 N–H and O–H groups in total. The molecule has 0 aromatic carbocycles. The molecule has 0 bridgehead atoms. The average Bonchev–Trinajstić information content (AvgIpc) is 2.89. The molecule has 2 saturated carbocycles. The third kappa shape index (κ3) is 6.48. The van der Waals surface area contributed by atoms with Gasteiger partial charge >= 0.3 is 0 Å². The summed E-state index contributed by atoms with van der Waals surface area (Å²) in [4.78, 5) is 18.9. The Morgan fingerprint density at radius 2 is 1.70 bits per heavy atom. The first kappa shape index (κ1) is 20.6. The zero-order chi connectivity index (χ0) is 18.9. The Balaban J connectivity index is 1.67. The molecule has 0 spiro atoms. The monoisotopic (exact) mass is 391 g/mol. The standard InChI is InChI=1S/C22H37N3OS/c1-2-15-25-20(16-21(26)23-18-11-7-3-4-8-12-18)17-27-22(25)24-19-13-9-5-6-10-14-19/h17-19H,2-16H2,1H3,(H,23,26). The van der Waals surface area contributed by atoms with Gasteiger partial charge in [0.15, 0.2) is 4.80 Å². The highest BCUT2D eigenvalue weighted by molar-refractivity contribution is 7.07. The van der Waals surface area contributed by atoms with Gasteiger partial charge in [0.1, 0.15) is 0 Å². The molecule has 2 aliphatic rings. The van der Waals surface area contributed by atoms with Crippen molar-refractivity contribution in [1.82, 2.24) is 9.88 Å². The molecule has 4 nitrogen and oxygen atoms in total. The summed E-state index contributed by atoms with van der Waals surface area (Å²) in [5, 5.41) is 5.46. The van der Waals surface area contributed by atoms with Crippen molar-refractivity contribution in [1.29, 1.82) is 0 Å².